The number of amides is 1. The fourth-order valence-electron chi connectivity index (χ4n) is 5.53. The van der Waals surface area contributed by atoms with E-state index in [0.717, 1.165) is 24.2 Å². The number of Topliss-reactive ketones (excluding diaryl/α,β-unsaturated/α-hetero) is 1. The average molecular weight is 391 g/mol. The topological polar surface area (TPSA) is 64.6 Å². The van der Waals surface area contributed by atoms with Gasteiger partial charge in [0.15, 0.2) is 5.78 Å². The van der Waals surface area contributed by atoms with E-state index in [-0.39, 0.29) is 29.6 Å². The molecule has 29 heavy (non-hydrogen) atoms. The lowest BCUT2D eigenvalue weighted by atomic mass is 9.84. The van der Waals surface area contributed by atoms with Gasteiger partial charge in [-0.1, -0.05) is 30.3 Å². The number of hydrogen-bond acceptors (Lipinski definition) is 4. The van der Waals surface area contributed by atoms with Crippen LogP contribution in [0.5, 0.6) is 11.5 Å². The van der Waals surface area contributed by atoms with Gasteiger partial charge in [0.25, 0.3) is 0 Å². The monoisotopic (exact) mass is 391 g/mol. The standard InChI is InChI=1S/C24H25NO4/c1-14(15-7-3-5-9-19(15)28-2)25-23(27)21-17-11-12-24(22(17)21)13-18(26)16-8-4-6-10-20(16)29-24/h3-10,14,17,21-22H,11-13H2,1-2H3,(H,25,27)/t14-,17-,21+,22-,24+/m0/s1. The summed E-state index contributed by atoms with van der Waals surface area (Å²) in [6.45, 7) is 1.97. The van der Waals surface area contributed by atoms with Crippen molar-refractivity contribution in [3.05, 3.63) is 59.7 Å². The first-order chi connectivity index (χ1) is 14.0. The molecule has 2 aromatic rings. The summed E-state index contributed by atoms with van der Waals surface area (Å²) in [4.78, 5) is 25.8. The minimum Gasteiger partial charge on any atom is -0.496 e. The maximum atomic E-state index is 13.1. The molecule has 0 unspecified atom stereocenters. The second-order valence-corrected chi connectivity index (χ2v) is 8.49. The molecule has 1 spiro atoms. The van der Waals surface area contributed by atoms with Crippen LogP contribution in [0.3, 0.4) is 0 Å². The van der Waals surface area contributed by atoms with Crippen LogP contribution in [0.15, 0.2) is 48.5 Å². The first-order valence-corrected chi connectivity index (χ1v) is 10.3. The summed E-state index contributed by atoms with van der Waals surface area (Å²) in [5, 5.41) is 3.15. The van der Waals surface area contributed by atoms with E-state index >= 15 is 0 Å². The zero-order chi connectivity index (χ0) is 20.2. The number of benzene rings is 2. The highest BCUT2D eigenvalue weighted by atomic mass is 16.5. The van der Waals surface area contributed by atoms with Crippen LogP contribution >= 0.6 is 0 Å². The van der Waals surface area contributed by atoms with Crippen LogP contribution in [-0.4, -0.2) is 24.4 Å². The van der Waals surface area contributed by atoms with Gasteiger partial charge in [0.1, 0.15) is 17.1 Å². The Kier molecular flexibility index (Phi) is 4.16. The Bertz CT molecular complexity index is 986. The van der Waals surface area contributed by atoms with E-state index in [4.69, 9.17) is 9.47 Å². The highest BCUT2D eigenvalue weighted by molar-refractivity contribution is 6.00. The Hall–Kier alpha value is -2.82. The van der Waals surface area contributed by atoms with Gasteiger partial charge in [0.2, 0.25) is 5.91 Å². The summed E-state index contributed by atoms with van der Waals surface area (Å²) < 4.78 is 11.8. The van der Waals surface area contributed by atoms with Gasteiger partial charge >= 0.3 is 0 Å². The van der Waals surface area contributed by atoms with Gasteiger partial charge in [0, 0.05) is 17.4 Å². The number of ether oxygens (including phenoxy) is 2. The number of para-hydroxylation sites is 2. The lowest BCUT2D eigenvalue weighted by Crippen LogP contribution is -2.44. The van der Waals surface area contributed by atoms with Gasteiger partial charge in [-0.05, 0) is 43.9 Å². The van der Waals surface area contributed by atoms with Crippen LogP contribution in [0.1, 0.15) is 48.1 Å². The van der Waals surface area contributed by atoms with Crippen molar-refractivity contribution in [2.75, 3.05) is 7.11 Å². The van der Waals surface area contributed by atoms with Crippen LogP contribution < -0.4 is 14.8 Å². The number of hydrogen-bond donors (Lipinski definition) is 1. The second-order valence-electron chi connectivity index (χ2n) is 8.49. The molecule has 5 nitrogen and oxygen atoms in total. The lowest BCUT2D eigenvalue weighted by Gasteiger charge is -2.37. The van der Waals surface area contributed by atoms with Gasteiger partial charge in [0.05, 0.1) is 25.1 Å². The first-order valence-electron chi connectivity index (χ1n) is 10.3. The quantitative estimate of drug-likeness (QED) is 0.858. The fraction of sp³-hybridized carbons (Fsp3) is 0.417. The van der Waals surface area contributed by atoms with E-state index in [1.54, 1.807) is 7.11 Å². The SMILES string of the molecule is COc1ccccc1[C@H](C)NC(=O)[C@@H]1[C@@H]2CC[C@@]3(CC(=O)c4ccccc4O3)[C@@H]21. The molecule has 2 aliphatic carbocycles. The third-order valence-corrected chi connectivity index (χ3v) is 6.90. The van der Waals surface area contributed by atoms with Crippen LogP contribution in [0.4, 0.5) is 0 Å². The third kappa shape index (κ3) is 2.83. The Morgan fingerprint density at radius 2 is 1.97 bits per heavy atom. The summed E-state index contributed by atoms with van der Waals surface area (Å²) in [6.07, 6.45) is 2.15. The van der Waals surface area contributed by atoms with E-state index in [1.807, 2.05) is 55.5 Å². The summed E-state index contributed by atoms with van der Waals surface area (Å²) in [5.74, 6) is 1.94. The zero-order valence-electron chi connectivity index (χ0n) is 16.7. The van der Waals surface area contributed by atoms with Crippen LogP contribution in [0.2, 0.25) is 0 Å². The lowest BCUT2D eigenvalue weighted by molar-refractivity contribution is -0.124. The van der Waals surface area contributed by atoms with Crippen LogP contribution in [-0.2, 0) is 4.79 Å². The van der Waals surface area contributed by atoms with Crippen molar-refractivity contribution in [1.82, 2.24) is 5.32 Å². The number of methoxy groups -OCH3 is 1. The molecule has 2 aromatic carbocycles. The largest absolute Gasteiger partial charge is 0.496 e. The molecule has 1 amide bonds. The normalized spacial score (nSPS) is 30.1. The van der Waals surface area contributed by atoms with E-state index < -0.39 is 5.60 Å². The van der Waals surface area contributed by atoms with Crippen molar-refractivity contribution in [2.24, 2.45) is 17.8 Å². The molecule has 0 saturated heterocycles. The van der Waals surface area contributed by atoms with E-state index in [9.17, 15) is 9.59 Å². The number of carbonyl (C=O) groups is 2. The molecule has 2 fully saturated rings. The summed E-state index contributed by atoms with van der Waals surface area (Å²) >= 11 is 0. The molecule has 150 valence electrons. The molecule has 0 aromatic heterocycles. The smallest absolute Gasteiger partial charge is 0.224 e. The van der Waals surface area contributed by atoms with E-state index in [0.29, 0.717) is 23.7 Å². The van der Waals surface area contributed by atoms with Crippen molar-refractivity contribution in [2.45, 2.75) is 37.8 Å². The minimum absolute atomic E-state index is 0.0485. The molecular weight excluding hydrogens is 366 g/mol. The molecule has 3 aliphatic rings. The Morgan fingerprint density at radius 3 is 2.79 bits per heavy atom. The van der Waals surface area contributed by atoms with Gasteiger partial charge in [-0.3, -0.25) is 9.59 Å². The predicted octanol–water partition coefficient (Wildman–Crippen LogP) is 3.93. The van der Waals surface area contributed by atoms with Gasteiger partial charge in [-0.25, -0.2) is 0 Å². The molecule has 2 saturated carbocycles. The third-order valence-electron chi connectivity index (χ3n) is 6.90. The van der Waals surface area contributed by atoms with Crippen molar-refractivity contribution >= 4 is 11.7 Å². The Morgan fingerprint density at radius 1 is 1.21 bits per heavy atom. The number of nitrogens with one attached hydrogen (secondary N) is 1. The maximum absolute atomic E-state index is 13.1. The minimum atomic E-state index is -0.522. The van der Waals surface area contributed by atoms with Crippen molar-refractivity contribution in [3.63, 3.8) is 0 Å². The van der Waals surface area contributed by atoms with Crippen molar-refractivity contribution in [3.8, 4) is 11.5 Å². The molecule has 5 rings (SSSR count). The maximum Gasteiger partial charge on any atom is 0.224 e. The number of fused-ring (bicyclic) bond motifs is 3. The van der Waals surface area contributed by atoms with E-state index in [2.05, 4.69) is 5.32 Å². The average Bonchev–Trinajstić information content (AvgIpc) is 3.39. The molecule has 1 N–H and O–H groups in total. The molecule has 1 heterocycles. The van der Waals surface area contributed by atoms with Crippen LogP contribution in [0, 0.1) is 17.8 Å². The Balaban J connectivity index is 1.32. The highest BCUT2D eigenvalue weighted by Crippen LogP contribution is 2.65. The van der Waals surface area contributed by atoms with Crippen molar-refractivity contribution < 1.29 is 19.1 Å². The predicted molar refractivity (Wildman–Crippen MR) is 108 cm³/mol. The number of carbonyl (C=O) groups excluding carboxylic acids is 2. The Labute approximate surface area is 170 Å². The molecule has 0 radical (unpaired) electrons. The van der Waals surface area contributed by atoms with E-state index in [1.165, 1.54) is 0 Å². The van der Waals surface area contributed by atoms with Gasteiger partial charge < -0.3 is 14.8 Å². The zero-order valence-corrected chi connectivity index (χ0v) is 16.7. The van der Waals surface area contributed by atoms with Gasteiger partial charge in [-0.2, -0.15) is 0 Å². The molecule has 1 aliphatic heterocycles. The fourth-order valence-corrected chi connectivity index (χ4v) is 5.53. The molecular formula is C24H25NO4. The van der Waals surface area contributed by atoms with Crippen molar-refractivity contribution in [1.29, 1.82) is 0 Å². The summed E-state index contributed by atoms with van der Waals surface area (Å²) in [7, 11) is 1.64. The number of ketones is 1. The molecule has 5 heteroatoms. The molecule has 0 bridgehead atoms. The van der Waals surface area contributed by atoms with Crippen LogP contribution in [0.25, 0.3) is 0 Å². The summed E-state index contributed by atoms with van der Waals surface area (Å²) in [6, 6.07) is 15.0. The van der Waals surface area contributed by atoms with Gasteiger partial charge in [-0.15, -0.1) is 0 Å². The summed E-state index contributed by atoms with van der Waals surface area (Å²) in [5.41, 5.74) is 1.10. The number of rotatable bonds is 4. The first kappa shape index (κ1) is 18.2. The highest BCUT2D eigenvalue weighted by Gasteiger charge is 2.70. The molecule has 5 atom stereocenters. The second kappa shape index (κ2) is 6.61.